The maximum atomic E-state index is 6.42. The second-order valence-electron chi connectivity index (χ2n) is 8.46. The Hall–Kier alpha value is -2.58. The zero-order valence-corrected chi connectivity index (χ0v) is 18.1. The molecule has 0 saturated carbocycles. The van der Waals surface area contributed by atoms with Gasteiger partial charge in [0, 0.05) is 11.1 Å². The van der Waals surface area contributed by atoms with Crippen molar-refractivity contribution in [2.45, 2.75) is 49.9 Å². The minimum atomic E-state index is -0.592. The van der Waals surface area contributed by atoms with Crippen LogP contribution in [0.1, 0.15) is 29.3 Å². The van der Waals surface area contributed by atoms with Crippen LogP contribution in [0.15, 0.2) is 91.0 Å². The van der Waals surface area contributed by atoms with E-state index in [0.29, 0.717) is 13.2 Å². The summed E-state index contributed by atoms with van der Waals surface area (Å²) >= 11 is 0. The Balaban J connectivity index is 1.24. The first-order chi connectivity index (χ1) is 16.3. The summed E-state index contributed by atoms with van der Waals surface area (Å²) in [6, 6.07) is 29.9. The van der Waals surface area contributed by atoms with E-state index in [0.717, 1.165) is 16.7 Å². The van der Waals surface area contributed by atoms with E-state index in [1.165, 1.54) is 0 Å². The second kappa shape index (κ2) is 9.35. The lowest BCUT2D eigenvalue weighted by molar-refractivity contribution is -0.348. The highest BCUT2D eigenvalue weighted by Crippen LogP contribution is 2.43. The molecule has 6 nitrogen and oxygen atoms in total. The molecule has 6 unspecified atom stereocenters. The third-order valence-corrected chi connectivity index (χ3v) is 6.25. The number of rotatable bonds is 5. The Bertz CT molecular complexity index is 1030. The van der Waals surface area contributed by atoms with Crippen LogP contribution in [0.2, 0.25) is 0 Å². The van der Waals surface area contributed by atoms with Crippen LogP contribution in [-0.2, 0) is 35.0 Å². The predicted molar refractivity (Wildman–Crippen MR) is 119 cm³/mol. The second-order valence-corrected chi connectivity index (χ2v) is 8.46. The van der Waals surface area contributed by atoms with E-state index in [-0.39, 0.29) is 18.3 Å². The monoisotopic (exact) mass is 446 g/mol. The molecule has 3 aromatic rings. The fourth-order valence-electron chi connectivity index (χ4n) is 4.60. The Morgan fingerprint density at radius 3 is 1.88 bits per heavy atom. The summed E-state index contributed by atoms with van der Waals surface area (Å²) < 4.78 is 37.7. The average Bonchev–Trinajstić information content (AvgIpc) is 3.35. The van der Waals surface area contributed by atoms with Gasteiger partial charge in [0.05, 0.1) is 13.2 Å². The van der Waals surface area contributed by atoms with Crippen LogP contribution in [0.3, 0.4) is 0 Å². The molecule has 3 aliphatic heterocycles. The van der Waals surface area contributed by atoms with Crippen LogP contribution >= 0.6 is 0 Å². The van der Waals surface area contributed by atoms with Gasteiger partial charge in [-0.05, 0) is 5.56 Å². The Kier molecular flexibility index (Phi) is 5.94. The van der Waals surface area contributed by atoms with Crippen molar-refractivity contribution in [3.8, 4) is 0 Å². The van der Waals surface area contributed by atoms with Gasteiger partial charge in [-0.25, -0.2) is 0 Å². The average molecular weight is 446 g/mol. The molecule has 6 rings (SSSR count). The molecule has 0 amide bonds. The third kappa shape index (κ3) is 4.34. The molecule has 0 N–H and O–H groups in total. The van der Waals surface area contributed by atoms with Crippen LogP contribution in [0.5, 0.6) is 0 Å². The lowest BCUT2D eigenvalue weighted by Gasteiger charge is -2.45. The van der Waals surface area contributed by atoms with Crippen molar-refractivity contribution in [3.05, 3.63) is 108 Å². The van der Waals surface area contributed by atoms with Gasteiger partial charge in [0.2, 0.25) is 0 Å². The quantitative estimate of drug-likeness (QED) is 0.574. The first-order valence-corrected chi connectivity index (χ1v) is 11.3. The van der Waals surface area contributed by atoms with E-state index in [1.807, 2.05) is 91.0 Å². The van der Waals surface area contributed by atoms with Gasteiger partial charge in [0.15, 0.2) is 18.9 Å². The predicted octanol–water partition coefficient (Wildman–Crippen LogP) is 4.53. The van der Waals surface area contributed by atoms with E-state index in [2.05, 4.69) is 0 Å². The summed E-state index contributed by atoms with van der Waals surface area (Å²) in [5.41, 5.74) is 2.99. The van der Waals surface area contributed by atoms with Crippen molar-refractivity contribution in [2.75, 3.05) is 6.61 Å². The van der Waals surface area contributed by atoms with Gasteiger partial charge < -0.3 is 28.4 Å². The van der Waals surface area contributed by atoms with E-state index in [9.17, 15) is 0 Å². The SMILES string of the molecule is c1ccc(COC2OC3COC(c4ccccc4)O[C@@H]3C3OC(c4ccccc4)OC23)cc1. The van der Waals surface area contributed by atoms with Gasteiger partial charge in [-0.3, -0.25) is 0 Å². The van der Waals surface area contributed by atoms with Crippen molar-refractivity contribution in [2.24, 2.45) is 0 Å². The topological polar surface area (TPSA) is 55.4 Å². The largest absolute Gasteiger partial charge is 0.346 e. The molecule has 170 valence electrons. The number of hydrogen-bond acceptors (Lipinski definition) is 6. The highest BCUT2D eigenvalue weighted by molar-refractivity contribution is 5.19. The standard InChI is InChI=1S/C27H26O6/c1-4-10-18(11-5-1)16-28-27-24-23(32-26(33-24)20-14-8-3-9-15-20)22-21(30-27)17-29-25(31-22)19-12-6-2-7-13-19/h1-15,21-27H,16-17H2/t21?,22-,23?,24?,25?,26?,27?/m0/s1. The van der Waals surface area contributed by atoms with Gasteiger partial charge in [-0.2, -0.15) is 0 Å². The fourth-order valence-corrected chi connectivity index (χ4v) is 4.60. The Morgan fingerprint density at radius 1 is 0.606 bits per heavy atom. The van der Waals surface area contributed by atoms with Crippen molar-refractivity contribution in [3.63, 3.8) is 0 Å². The van der Waals surface area contributed by atoms with E-state index in [1.54, 1.807) is 0 Å². The van der Waals surface area contributed by atoms with E-state index >= 15 is 0 Å². The molecule has 0 aromatic heterocycles. The number of fused-ring (bicyclic) bond motifs is 3. The van der Waals surface area contributed by atoms with Gasteiger partial charge >= 0.3 is 0 Å². The maximum Gasteiger partial charge on any atom is 0.187 e. The first kappa shape index (κ1) is 21.0. The minimum Gasteiger partial charge on any atom is -0.346 e. The molecule has 6 heteroatoms. The number of benzene rings is 3. The molecule has 0 bridgehead atoms. The zero-order valence-electron chi connectivity index (χ0n) is 18.1. The summed E-state index contributed by atoms with van der Waals surface area (Å²) in [5, 5.41) is 0. The van der Waals surface area contributed by atoms with Crippen LogP contribution < -0.4 is 0 Å². The molecule has 3 aliphatic rings. The molecule has 7 atom stereocenters. The van der Waals surface area contributed by atoms with E-state index in [4.69, 9.17) is 28.4 Å². The third-order valence-electron chi connectivity index (χ3n) is 6.25. The zero-order chi connectivity index (χ0) is 22.0. The summed E-state index contributed by atoms with van der Waals surface area (Å²) in [4.78, 5) is 0. The van der Waals surface area contributed by atoms with Crippen LogP contribution in [0.4, 0.5) is 0 Å². The molecule has 0 aliphatic carbocycles. The smallest absolute Gasteiger partial charge is 0.187 e. The maximum absolute atomic E-state index is 6.42. The number of hydrogen-bond donors (Lipinski definition) is 0. The lowest BCUT2D eigenvalue weighted by atomic mass is 9.98. The summed E-state index contributed by atoms with van der Waals surface area (Å²) in [6.07, 6.45) is -2.99. The summed E-state index contributed by atoms with van der Waals surface area (Å²) in [7, 11) is 0. The van der Waals surface area contributed by atoms with Gasteiger partial charge in [0.1, 0.15) is 24.4 Å². The van der Waals surface area contributed by atoms with Crippen molar-refractivity contribution < 1.29 is 28.4 Å². The normalized spacial score (nSPS) is 33.3. The van der Waals surface area contributed by atoms with Gasteiger partial charge in [-0.1, -0.05) is 91.0 Å². The summed E-state index contributed by atoms with van der Waals surface area (Å²) in [5.74, 6) is 0. The molecule has 0 radical (unpaired) electrons. The van der Waals surface area contributed by atoms with Crippen molar-refractivity contribution in [1.29, 1.82) is 0 Å². The van der Waals surface area contributed by atoms with Crippen LogP contribution in [0.25, 0.3) is 0 Å². The van der Waals surface area contributed by atoms with Crippen LogP contribution in [-0.4, -0.2) is 37.3 Å². The molecule has 3 aromatic carbocycles. The molecule has 3 heterocycles. The van der Waals surface area contributed by atoms with Gasteiger partial charge in [0.25, 0.3) is 0 Å². The van der Waals surface area contributed by atoms with Gasteiger partial charge in [-0.15, -0.1) is 0 Å². The fraction of sp³-hybridized carbons (Fsp3) is 0.333. The summed E-state index contributed by atoms with van der Waals surface area (Å²) in [6.45, 7) is 0.803. The van der Waals surface area contributed by atoms with Crippen LogP contribution in [0, 0.1) is 0 Å². The minimum absolute atomic E-state index is 0.315. The molecule has 3 saturated heterocycles. The molecule has 33 heavy (non-hydrogen) atoms. The highest BCUT2D eigenvalue weighted by atomic mass is 16.8. The molecule has 0 spiro atoms. The first-order valence-electron chi connectivity index (χ1n) is 11.3. The number of ether oxygens (including phenoxy) is 6. The Morgan fingerprint density at radius 2 is 1.18 bits per heavy atom. The molecular weight excluding hydrogens is 420 g/mol. The van der Waals surface area contributed by atoms with E-state index < -0.39 is 25.0 Å². The lowest BCUT2D eigenvalue weighted by Crippen LogP contribution is -2.61. The molecule has 3 fully saturated rings. The Labute approximate surface area is 192 Å². The highest BCUT2D eigenvalue weighted by Gasteiger charge is 2.56. The van der Waals surface area contributed by atoms with Crippen molar-refractivity contribution in [1.82, 2.24) is 0 Å². The van der Waals surface area contributed by atoms with Crippen molar-refractivity contribution >= 4 is 0 Å². The molecular formula is C27H26O6.